The molecule has 4 heteroatoms. The fourth-order valence-electron chi connectivity index (χ4n) is 2.24. The smallest absolute Gasteiger partial charge is 0.0791 e. The van der Waals surface area contributed by atoms with E-state index in [1.54, 1.807) is 0 Å². The molecule has 0 aromatic heterocycles. The summed E-state index contributed by atoms with van der Waals surface area (Å²) >= 11 is 0. The molecule has 1 unspecified atom stereocenters. The van der Waals surface area contributed by atoms with Crippen LogP contribution in [0.15, 0.2) is 0 Å². The molecule has 0 bridgehead atoms. The van der Waals surface area contributed by atoms with Gasteiger partial charge in [-0.05, 0) is 19.4 Å². The fraction of sp³-hybridized carbons (Fsp3) is 1.00. The maximum Gasteiger partial charge on any atom is 0.0791 e. The van der Waals surface area contributed by atoms with Crippen molar-refractivity contribution in [3.63, 3.8) is 0 Å². The van der Waals surface area contributed by atoms with Crippen LogP contribution in [0.5, 0.6) is 0 Å². The molecule has 0 amide bonds. The van der Waals surface area contributed by atoms with Gasteiger partial charge in [-0.1, -0.05) is 6.92 Å². The van der Waals surface area contributed by atoms with Gasteiger partial charge in [0.05, 0.1) is 6.10 Å². The van der Waals surface area contributed by atoms with Crippen molar-refractivity contribution in [1.82, 2.24) is 15.1 Å². The van der Waals surface area contributed by atoms with Gasteiger partial charge in [0.25, 0.3) is 0 Å². The summed E-state index contributed by atoms with van der Waals surface area (Å²) in [4.78, 5) is 4.84. The first-order valence-corrected chi connectivity index (χ1v) is 6.64. The summed E-state index contributed by atoms with van der Waals surface area (Å²) in [5.74, 6) is 0. The molecule has 1 aliphatic carbocycles. The Morgan fingerprint density at radius 2 is 1.81 bits per heavy atom. The lowest BCUT2D eigenvalue weighted by molar-refractivity contribution is 0.0741. The van der Waals surface area contributed by atoms with Crippen LogP contribution in [-0.4, -0.2) is 72.9 Å². The zero-order chi connectivity index (χ0) is 11.4. The second kappa shape index (κ2) is 5.96. The molecule has 4 nitrogen and oxygen atoms in total. The average Bonchev–Trinajstić information content (AvgIpc) is 3.11. The summed E-state index contributed by atoms with van der Waals surface area (Å²) in [6.07, 6.45) is 2.39. The first-order chi connectivity index (χ1) is 7.78. The number of nitrogens with one attached hydrogen (secondary N) is 1. The Hall–Kier alpha value is -0.160. The number of nitrogens with zero attached hydrogens (tertiary/aromatic N) is 2. The van der Waals surface area contributed by atoms with Crippen LogP contribution in [0.25, 0.3) is 0 Å². The molecule has 0 aromatic rings. The summed E-state index contributed by atoms with van der Waals surface area (Å²) in [6.45, 7) is 9.47. The Kier molecular flexibility index (Phi) is 4.58. The molecule has 1 saturated heterocycles. The molecule has 1 aliphatic heterocycles. The molecule has 2 N–H and O–H groups in total. The number of hydrogen-bond acceptors (Lipinski definition) is 4. The third-order valence-electron chi connectivity index (χ3n) is 3.60. The maximum absolute atomic E-state index is 9.88. The summed E-state index contributed by atoms with van der Waals surface area (Å²) in [5, 5.41) is 13.3. The van der Waals surface area contributed by atoms with E-state index in [9.17, 15) is 5.11 Å². The van der Waals surface area contributed by atoms with Gasteiger partial charge in [0, 0.05) is 45.3 Å². The zero-order valence-corrected chi connectivity index (χ0v) is 10.4. The summed E-state index contributed by atoms with van der Waals surface area (Å²) in [7, 11) is 0. The van der Waals surface area contributed by atoms with Gasteiger partial charge in [0.1, 0.15) is 0 Å². The molecule has 2 aliphatic rings. The second-order valence-corrected chi connectivity index (χ2v) is 5.07. The summed E-state index contributed by atoms with van der Waals surface area (Å²) in [5.41, 5.74) is 0. The van der Waals surface area contributed by atoms with E-state index < -0.39 is 0 Å². The van der Waals surface area contributed by atoms with Crippen molar-refractivity contribution in [2.75, 3.05) is 45.8 Å². The van der Waals surface area contributed by atoms with Gasteiger partial charge in [0.2, 0.25) is 0 Å². The lowest BCUT2D eigenvalue weighted by Gasteiger charge is -2.35. The third-order valence-corrected chi connectivity index (χ3v) is 3.60. The van der Waals surface area contributed by atoms with Crippen molar-refractivity contribution in [2.45, 2.75) is 31.9 Å². The lowest BCUT2D eigenvalue weighted by Crippen LogP contribution is -2.49. The minimum Gasteiger partial charge on any atom is -0.390 e. The minimum absolute atomic E-state index is 0.200. The monoisotopic (exact) mass is 227 g/mol. The minimum atomic E-state index is -0.200. The maximum atomic E-state index is 9.88. The van der Waals surface area contributed by atoms with E-state index in [0.717, 1.165) is 45.8 Å². The molecule has 94 valence electrons. The Labute approximate surface area is 98.6 Å². The fourth-order valence-corrected chi connectivity index (χ4v) is 2.24. The van der Waals surface area contributed by atoms with Crippen molar-refractivity contribution in [3.8, 4) is 0 Å². The highest BCUT2D eigenvalue weighted by atomic mass is 16.3. The van der Waals surface area contributed by atoms with Gasteiger partial charge in [-0.15, -0.1) is 0 Å². The molecule has 1 saturated carbocycles. The van der Waals surface area contributed by atoms with Crippen LogP contribution in [0, 0.1) is 0 Å². The van der Waals surface area contributed by atoms with Crippen molar-refractivity contribution in [2.24, 2.45) is 0 Å². The number of aliphatic hydroxyl groups excluding tert-OH is 1. The largest absolute Gasteiger partial charge is 0.390 e. The van der Waals surface area contributed by atoms with E-state index in [0.29, 0.717) is 6.04 Å². The predicted molar refractivity (Wildman–Crippen MR) is 65.6 cm³/mol. The highest BCUT2D eigenvalue weighted by Crippen LogP contribution is 2.18. The molecule has 0 spiro atoms. The normalized spacial score (nSPS) is 25.9. The molecular formula is C12H25N3O. The first-order valence-electron chi connectivity index (χ1n) is 6.64. The zero-order valence-electron chi connectivity index (χ0n) is 10.4. The molecule has 1 atom stereocenters. The topological polar surface area (TPSA) is 38.7 Å². The predicted octanol–water partition coefficient (Wildman–Crippen LogP) is -0.263. The van der Waals surface area contributed by atoms with E-state index in [4.69, 9.17) is 0 Å². The average molecular weight is 227 g/mol. The molecule has 2 rings (SSSR count). The van der Waals surface area contributed by atoms with Crippen LogP contribution in [0.1, 0.15) is 19.8 Å². The van der Waals surface area contributed by atoms with Gasteiger partial charge >= 0.3 is 0 Å². The Bertz CT molecular complexity index is 200. The van der Waals surface area contributed by atoms with Crippen molar-refractivity contribution >= 4 is 0 Å². The third kappa shape index (κ3) is 4.01. The number of β-amino-alcohol motifs (C(OH)–C–C–N with tert-alkyl or cyclic N) is 1. The molecule has 0 aromatic carbocycles. The van der Waals surface area contributed by atoms with E-state index in [2.05, 4.69) is 22.0 Å². The second-order valence-electron chi connectivity index (χ2n) is 5.07. The molecular weight excluding hydrogens is 202 g/mol. The number of aliphatic hydroxyl groups is 1. The Balaban J connectivity index is 1.57. The van der Waals surface area contributed by atoms with E-state index in [1.807, 2.05) is 0 Å². The lowest BCUT2D eigenvalue weighted by atomic mass is 10.2. The first kappa shape index (κ1) is 12.3. The Morgan fingerprint density at radius 1 is 1.19 bits per heavy atom. The van der Waals surface area contributed by atoms with Crippen LogP contribution in [0.2, 0.25) is 0 Å². The SMILES string of the molecule is CCN1CCN(CC(O)CNC2CC2)CC1. The number of likely N-dealkylation sites (N-methyl/N-ethyl adjacent to an activating group) is 1. The van der Waals surface area contributed by atoms with E-state index in [-0.39, 0.29) is 6.10 Å². The molecule has 0 radical (unpaired) electrons. The van der Waals surface area contributed by atoms with E-state index in [1.165, 1.54) is 12.8 Å². The summed E-state index contributed by atoms with van der Waals surface area (Å²) in [6, 6.07) is 0.701. The van der Waals surface area contributed by atoms with Crippen LogP contribution in [-0.2, 0) is 0 Å². The van der Waals surface area contributed by atoms with Gasteiger partial charge in [-0.2, -0.15) is 0 Å². The van der Waals surface area contributed by atoms with Crippen molar-refractivity contribution in [3.05, 3.63) is 0 Å². The molecule has 2 fully saturated rings. The highest BCUT2D eigenvalue weighted by Gasteiger charge is 2.22. The Morgan fingerprint density at radius 3 is 2.38 bits per heavy atom. The quantitative estimate of drug-likeness (QED) is 0.655. The van der Waals surface area contributed by atoms with Crippen molar-refractivity contribution in [1.29, 1.82) is 0 Å². The number of rotatable bonds is 6. The van der Waals surface area contributed by atoms with Crippen LogP contribution >= 0.6 is 0 Å². The van der Waals surface area contributed by atoms with Crippen LogP contribution in [0.3, 0.4) is 0 Å². The van der Waals surface area contributed by atoms with Crippen molar-refractivity contribution < 1.29 is 5.11 Å². The van der Waals surface area contributed by atoms with Gasteiger partial charge in [-0.25, -0.2) is 0 Å². The molecule has 16 heavy (non-hydrogen) atoms. The summed E-state index contributed by atoms with van der Waals surface area (Å²) < 4.78 is 0. The van der Waals surface area contributed by atoms with Gasteiger partial charge < -0.3 is 15.3 Å². The molecule has 1 heterocycles. The number of hydrogen-bond donors (Lipinski definition) is 2. The standard InChI is InChI=1S/C12H25N3O/c1-2-14-5-7-15(8-6-14)10-12(16)9-13-11-3-4-11/h11-13,16H,2-10H2,1H3. The van der Waals surface area contributed by atoms with Crippen LogP contribution < -0.4 is 5.32 Å². The number of piperazine rings is 1. The van der Waals surface area contributed by atoms with Gasteiger partial charge in [-0.3, -0.25) is 4.90 Å². The highest BCUT2D eigenvalue weighted by molar-refractivity contribution is 4.82. The van der Waals surface area contributed by atoms with E-state index >= 15 is 0 Å². The van der Waals surface area contributed by atoms with Crippen LogP contribution in [0.4, 0.5) is 0 Å². The van der Waals surface area contributed by atoms with Gasteiger partial charge in [0.15, 0.2) is 0 Å².